The number of H-pyrrole nitrogens is 1. The predicted molar refractivity (Wildman–Crippen MR) is 80.3 cm³/mol. The van der Waals surface area contributed by atoms with Crippen LogP contribution >= 0.6 is 0 Å². The van der Waals surface area contributed by atoms with Crippen molar-refractivity contribution < 1.29 is 13.2 Å². The quantitative estimate of drug-likeness (QED) is 0.780. The van der Waals surface area contributed by atoms with Crippen molar-refractivity contribution in [2.45, 2.75) is 25.9 Å². The van der Waals surface area contributed by atoms with Crippen molar-refractivity contribution in [3.05, 3.63) is 58.1 Å². The summed E-state index contributed by atoms with van der Waals surface area (Å²) in [5.74, 6) is -0.0689. The molecule has 0 aliphatic rings. The molecule has 4 nitrogen and oxygen atoms in total. The minimum atomic E-state index is -4.62. The highest BCUT2D eigenvalue weighted by Gasteiger charge is 2.38. The molecule has 0 spiro atoms. The van der Waals surface area contributed by atoms with Crippen molar-refractivity contribution in [3.8, 4) is 11.1 Å². The largest absolute Gasteiger partial charge is 0.433 e. The number of aromatic nitrogens is 3. The Labute approximate surface area is 129 Å². The van der Waals surface area contributed by atoms with Crippen LogP contribution in [-0.2, 0) is 6.18 Å². The fraction of sp³-hybridized carbons (Fsp3) is 0.250. The normalized spacial score (nSPS) is 12.3. The van der Waals surface area contributed by atoms with Crippen LogP contribution in [0.3, 0.4) is 0 Å². The van der Waals surface area contributed by atoms with E-state index in [-0.39, 0.29) is 17.1 Å². The minimum Gasteiger partial charge on any atom is -0.284 e. The molecule has 3 aromatic rings. The molecular weight excluding hydrogens is 307 g/mol. The van der Waals surface area contributed by atoms with Gasteiger partial charge in [0.05, 0.1) is 11.3 Å². The van der Waals surface area contributed by atoms with Crippen molar-refractivity contribution in [3.63, 3.8) is 0 Å². The number of fused-ring (bicyclic) bond motifs is 1. The van der Waals surface area contributed by atoms with Gasteiger partial charge in [0.2, 0.25) is 0 Å². The molecule has 7 heteroatoms. The molecule has 23 heavy (non-hydrogen) atoms. The maximum absolute atomic E-state index is 13.4. The zero-order valence-corrected chi connectivity index (χ0v) is 12.5. The highest BCUT2D eigenvalue weighted by Crippen LogP contribution is 2.38. The van der Waals surface area contributed by atoms with E-state index in [1.807, 2.05) is 13.8 Å². The number of benzene rings is 1. The van der Waals surface area contributed by atoms with Crippen molar-refractivity contribution in [1.29, 1.82) is 0 Å². The van der Waals surface area contributed by atoms with Crippen LogP contribution in [0.4, 0.5) is 13.2 Å². The Morgan fingerprint density at radius 2 is 1.83 bits per heavy atom. The summed E-state index contributed by atoms with van der Waals surface area (Å²) in [6.45, 7) is 3.66. The number of rotatable bonds is 2. The van der Waals surface area contributed by atoms with Gasteiger partial charge in [-0.15, -0.1) is 0 Å². The third-order valence-electron chi connectivity index (χ3n) is 3.57. The van der Waals surface area contributed by atoms with Gasteiger partial charge in [0, 0.05) is 6.07 Å². The molecule has 1 aromatic carbocycles. The van der Waals surface area contributed by atoms with E-state index in [0.29, 0.717) is 11.3 Å². The Kier molecular flexibility index (Phi) is 3.50. The van der Waals surface area contributed by atoms with Gasteiger partial charge in [0.15, 0.2) is 5.65 Å². The standard InChI is InChI=1S/C16H14F3N3O/c1-9(2)11-8-12(23)22-15(20-11)13(10-6-4-3-5-7-10)14(21-22)16(17,18)19/h3-9,21H,1-2H3. The molecular formula is C16H14F3N3O. The first-order chi connectivity index (χ1) is 10.8. The van der Waals surface area contributed by atoms with E-state index in [4.69, 9.17) is 0 Å². The van der Waals surface area contributed by atoms with Crippen LogP contribution in [0.15, 0.2) is 41.2 Å². The summed E-state index contributed by atoms with van der Waals surface area (Å²) in [6.07, 6.45) is -4.62. The van der Waals surface area contributed by atoms with Gasteiger partial charge in [-0.3, -0.25) is 9.89 Å². The Balaban J connectivity index is 2.45. The third kappa shape index (κ3) is 2.62. The lowest BCUT2D eigenvalue weighted by Crippen LogP contribution is -2.17. The minimum absolute atomic E-state index is 0.0141. The molecule has 120 valence electrons. The summed E-state index contributed by atoms with van der Waals surface area (Å²) in [6, 6.07) is 9.37. The van der Waals surface area contributed by atoms with E-state index in [9.17, 15) is 18.0 Å². The van der Waals surface area contributed by atoms with Crippen LogP contribution < -0.4 is 5.56 Å². The lowest BCUT2D eigenvalue weighted by molar-refractivity contribution is -0.140. The van der Waals surface area contributed by atoms with Gasteiger partial charge in [-0.1, -0.05) is 44.2 Å². The SMILES string of the molecule is CC(C)c1cc(=O)n2[nH]c(C(F)(F)F)c(-c3ccccc3)c2n1. The molecule has 0 fully saturated rings. The van der Waals surface area contributed by atoms with E-state index >= 15 is 0 Å². The molecule has 0 unspecified atom stereocenters. The fourth-order valence-electron chi connectivity index (χ4n) is 2.43. The first-order valence-corrected chi connectivity index (χ1v) is 7.07. The molecule has 1 N–H and O–H groups in total. The topological polar surface area (TPSA) is 50.2 Å². The molecule has 0 amide bonds. The molecule has 0 bridgehead atoms. The Bertz CT molecular complexity index is 908. The van der Waals surface area contributed by atoms with E-state index in [2.05, 4.69) is 10.1 Å². The number of hydrogen-bond donors (Lipinski definition) is 1. The fourth-order valence-corrected chi connectivity index (χ4v) is 2.43. The van der Waals surface area contributed by atoms with Gasteiger partial charge < -0.3 is 0 Å². The van der Waals surface area contributed by atoms with Gasteiger partial charge in [-0.2, -0.15) is 13.2 Å². The van der Waals surface area contributed by atoms with E-state index in [0.717, 1.165) is 4.52 Å². The highest BCUT2D eigenvalue weighted by molar-refractivity contribution is 5.80. The van der Waals surface area contributed by atoms with Crippen LogP contribution in [0.1, 0.15) is 31.2 Å². The van der Waals surface area contributed by atoms with Gasteiger partial charge in [-0.25, -0.2) is 9.50 Å². The maximum atomic E-state index is 13.4. The Morgan fingerprint density at radius 1 is 1.17 bits per heavy atom. The average Bonchev–Trinajstić information content (AvgIpc) is 2.88. The third-order valence-corrected chi connectivity index (χ3v) is 3.57. The molecule has 0 aliphatic heterocycles. The Morgan fingerprint density at radius 3 is 2.39 bits per heavy atom. The zero-order chi connectivity index (χ0) is 16.8. The molecule has 0 saturated carbocycles. The summed E-state index contributed by atoms with van der Waals surface area (Å²) >= 11 is 0. The Hall–Kier alpha value is -2.57. The molecule has 2 heterocycles. The number of aromatic amines is 1. The summed E-state index contributed by atoms with van der Waals surface area (Å²) in [4.78, 5) is 16.4. The lowest BCUT2D eigenvalue weighted by atomic mass is 10.1. The van der Waals surface area contributed by atoms with Gasteiger partial charge in [-0.05, 0) is 11.5 Å². The van der Waals surface area contributed by atoms with Crippen molar-refractivity contribution in [2.24, 2.45) is 0 Å². The summed E-state index contributed by atoms with van der Waals surface area (Å²) in [7, 11) is 0. The second kappa shape index (κ2) is 5.26. The van der Waals surface area contributed by atoms with Gasteiger partial charge in [0.25, 0.3) is 5.56 Å². The smallest absolute Gasteiger partial charge is 0.284 e. The first-order valence-electron chi connectivity index (χ1n) is 7.07. The number of alkyl halides is 3. The summed E-state index contributed by atoms with van der Waals surface area (Å²) in [5.41, 5.74) is -0.857. The monoisotopic (exact) mass is 321 g/mol. The molecule has 0 aliphatic carbocycles. The van der Waals surface area contributed by atoms with Crippen LogP contribution in [-0.4, -0.2) is 14.6 Å². The zero-order valence-electron chi connectivity index (χ0n) is 12.5. The number of nitrogens with one attached hydrogen (secondary N) is 1. The van der Waals surface area contributed by atoms with Crippen molar-refractivity contribution in [1.82, 2.24) is 14.6 Å². The number of hydrogen-bond acceptors (Lipinski definition) is 2. The molecule has 0 radical (unpaired) electrons. The molecule has 3 rings (SSSR count). The number of halogens is 3. The van der Waals surface area contributed by atoms with E-state index in [1.54, 1.807) is 30.3 Å². The lowest BCUT2D eigenvalue weighted by Gasteiger charge is -2.07. The summed E-state index contributed by atoms with van der Waals surface area (Å²) in [5, 5.41) is 2.15. The molecule has 0 atom stereocenters. The van der Waals surface area contributed by atoms with Gasteiger partial charge in [0.1, 0.15) is 5.69 Å². The van der Waals surface area contributed by atoms with Crippen LogP contribution in [0.2, 0.25) is 0 Å². The second-order valence-electron chi connectivity index (χ2n) is 5.56. The van der Waals surface area contributed by atoms with Crippen molar-refractivity contribution in [2.75, 3.05) is 0 Å². The summed E-state index contributed by atoms with van der Waals surface area (Å²) < 4.78 is 41.0. The predicted octanol–water partition coefficient (Wildman–Crippen LogP) is 3.83. The highest BCUT2D eigenvalue weighted by atomic mass is 19.4. The van der Waals surface area contributed by atoms with Crippen LogP contribution in [0.5, 0.6) is 0 Å². The van der Waals surface area contributed by atoms with Crippen LogP contribution in [0, 0.1) is 0 Å². The second-order valence-corrected chi connectivity index (χ2v) is 5.56. The first kappa shape index (κ1) is 15.3. The van der Waals surface area contributed by atoms with Gasteiger partial charge >= 0.3 is 6.18 Å². The van der Waals surface area contributed by atoms with Crippen molar-refractivity contribution >= 4 is 5.65 Å². The van der Waals surface area contributed by atoms with E-state index < -0.39 is 17.4 Å². The average molecular weight is 321 g/mol. The number of nitrogens with zero attached hydrogens (tertiary/aromatic N) is 2. The molecule has 0 saturated heterocycles. The maximum Gasteiger partial charge on any atom is 0.433 e. The van der Waals surface area contributed by atoms with E-state index in [1.165, 1.54) is 6.07 Å². The van der Waals surface area contributed by atoms with Crippen LogP contribution in [0.25, 0.3) is 16.8 Å². The molecule has 2 aromatic heterocycles.